The van der Waals surface area contributed by atoms with Gasteiger partial charge in [0, 0.05) is 10.6 Å². The summed E-state index contributed by atoms with van der Waals surface area (Å²) in [5.74, 6) is -1.66. The van der Waals surface area contributed by atoms with Crippen LogP contribution in [0.3, 0.4) is 0 Å². The van der Waals surface area contributed by atoms with E-state index in [2.05, 4.69) is 31.2 Å². The highest BCUT2D eigenvalue weighted by Crippen LogP contribution is 2.47. The molecule has 6 nitrogen and oxygen atoms in total. The zero-order chi connectivity index (χ0) is 20.8. The Kier molecular flexibility index (Phi) is 5.70. The van der Waals surface area contributed by atoms with E-state index in [1.165, 1.54) is 5.56 Å². The van der Waals surface area contributed by atoms with Crippen LogP contribution in [0.15, 0.2) is 36.4 Å². The van der Waals surface area contributed by atoms with E-state index in [0.717, 1.165) is 23.1 Å². The second-order valence-electron chi connectivity index (χ2n) is 7.62. The first-order valence-electron chi connectivity index (χ1n) is 9.76. The van der Waals surface area contributed by atoms with E-state index in [-0.39, 0.29) is 6.61 Å². The second-order valence-corrected chi connectivity index (χ2v) is 8.03. The third-order valence-corrected chi connectivity index (χ3v) is 6.30. The molecule has 0 amide bonds. The first kappa shape index (κ1) is 20.8. The first-order valence-corrected chi connectivity index (χ1v) is 10.1. The Labute approximate surface area is 174 Å². The van der Waals surface area contributed by atoms with Gasteiger partial charge in [0.2, 0.25) is 5.79 Å². The van der Waals surface area contributed by atoms with E-state index < -0.39 is 36.8 Å². The van der Waals surface area contributed by atoms with Crippen LogP contribution in [-0.2, 0) is 34.7 Å². The summed E-state index contributed by atoms with van der Waals surface area (Å²) in [6.45, 7) is 1.72. The topological polar surface area (TPSA) is 99.4 Å². The number of benzene rings is 2. The molecule has 0 radical (unpaired) electrons. The highest BCUT2D eigenvalue weighted by Gasteiger charge is 2.58. The molecular weight excluding hydrogens is 396 g/mol. The quantitative estimate of drug-likeness (QED) is 0.600. The number of aliphatic hydroxyl groups excluding tert-OH is 4. The average molecular weight is 421 g/mol. The lowest BCUT2D eigenvalue weighted by molar-refractivity contribution is -0.368. The van der Waals surface area contributed by atoms with Crippen molar-refractivity contribution >= 4 is 11.6 Å². The number of hydrogen-bond donors (Lipinski definition) is 4. The minimum atomic E-state index is -1.66. The monoisotopic (exact) mass is 420 g/mol. The van der Waals surface area contributed by atoms with Crippen LogP contribution in [0.4, 0.5) is 0 Å². The lowest BCUT2D eigenvalue weighted by atomic mass is 9.86. The molecule has 0 saturated carbocycles. The van der Waals surface area contributed by atoms with Crippen LogP contribution >= 0.6 is 11.6 Å². The summed E-state index contributed by atoms with van der Waals surface area (Å²) in [6, 6.07) is 11.7. The minimum absolute atomic E-state index is 0.135. The molecule has 4 rings (SSSR count). The molecule has 1 fully saturated rings. The zero-order valence-corrected chi connectivity index (χ0v) is 16.8. The number of ether oxygens (including phenoxy) is 2. The van der Waals surface area contributed by atoms with E-state index >= 15 is 0 Å². The Balaban J connectivity index is 1.73. The fraction of sp³-hybridized carbons (Fsp3) is 0.455. The molecular formula is C22H25ClO6. The van der Waals surface area contributed by atoms with E-state index in [9.17, 15) is 20.4 Å². The van der Waals surface area contributed by atoms with E-state index in [4.69, 9.17) is 21.1 Å². The van der Waals surface area contributed by atoms with Crippen molar-refractivity contribution < 1.29 is 29.9 Å². The number of halogens is 1. The second kappa shape index (κ2) is 7.96. The zero-order valence-electron chi connectivity index (χ0n) is 16.1. The molecule has 29 heavy (non-hydrogen) atoms. The van der Waals surface area contributed by atoms with Crippen molar-refractivity contribution in [3.63, 3.8) is 0 Å². The van der Waals surface area contributed by atoms with Crippen LogP contribution in [0.5, 0.6) is 0 Å². The van der Waals surface area contributed by atoms with Crippen molar-refractivity contribution in [3.8, 4) is 0 Å². The Hall–Kier alpha value is -1.51. The van der Waals surface area contributed by atoms with Gasteiger partial charge in [-0.05, 0) is 41.2 Å². The van der Waals surface area contributed by atoms with Crippen molar-refractivity contribution in [1.82, 2.24) is 0 Å². The molecule has 1 spiro atoms. The normalized spacial score (nSPS) is 31.2. The lowest BCUT2D eigenvalue weighted by Crippen LogP contribution is -2.63. The van der Waals surface area contributed by atoms with Gasteiger partial charge in [-0.1, -0.05) is 48.9 Å². The summed E-state index contributed by atoms with van der Waals surface area (Å²) >= 11 is 6.50. The van der Waals surface area contributed by atoms with Crippen molar-refractivity contribution in [2.45, 2.75) is 56.6 Å². The smallest absolute Gasteiger partial charge is 0.225 e. The number of rotatable bonds is 4. The van der Waals surface area contributed by atoms with Gasteiger partial charge in [0.25, 0.3) is 0 Å². The van der Waals surface area contributed by atoms with Crippen molar-refractivity contribution in [3.05, 3.63) is 69.2 Å². The Morgan fingerprint density at radius 2 is 1.72 bits per heavy atom. The number of hydrogen-bond acceptors (Lipinski definition) is 6. The highest BCUT2D eigenvalue weighted by molar-refractivity contribution is 6.31. The van der Waals surface area contributed by atoms with Crippen LogP contribution in [0.25, 0.3) is 0 Å². The summed E-state index contributed by atoms with van der Waals surface area (Å²) in [6.07, 6.45) is -3.99. The number of aryl methyl sites for hydroxylation is 1. The van der Waals surface area contributed by atoms with Gasteiger partial charge in [-0.3, -0.25) is 0 Å². The van der Waals surface area contributed by atoms with Gasteiger partial charge in [0.1, 0.15) is 24.4 Å². The number of aliphatic hydroxyl groups is 4. The van der Waals surface area contributed by atoms with Gasteiger partial charge in [0.05, 0.1) is 13.2 Å². The maximum Gasteiger partial charge on any atom is 0.225 e. The summed E-state index contributed by atoms with van der Waals surface area (Å²) in [5.41, 5.74) is 4.55. The van der Waals surface area contributed by atoms with Gasteiger partial charge < -0.3 is 29.9 Å². The third kappa shape index (κ3) is 3.39. The van der Waals surface area contributed by atoms with Crippen LogP contribution < -0.4 is 0 Å². The molecule has 7 heteroatoms. The molecule has 2 aliphatic rings. The molecule has 0 aliphatic carbocycles. The molecule has 1 saturated heterocycles. The fourth-order valence-corrected chi connectivity index (χ4v) is 4.43. The first-order chi connectivity index (χ1) is 13.9. The lowest BCUT2D eigenvalue weighted by Gasteiger charge is -2.46. The average Bonchev–Trinajstić information content (AvgIpc) is 3.11. The molecule has 2 aliphatic heterocycles. The van der Waals surface area contributed by atoms with Gasteiger partial charge in [-0.2, -0.15) is 0 Å². The minimum Gasteiger partial charge on any atom is -0.394 e. The molecule has 4 N–H and O–H groups in total. The molecule has 0 bridgehead atoms. The van der Waals surface area contributed by atoms with Crippen LogP contribution in [0, 0.1) is 0 Å². The Morgan fingerprint density at radius 3 is 2.38 bits per heavy atom. The summed E-state index contributed by atoms with van der Waals surface area (Å²) < 4.78 is 11.7. The van der Waals surface area contributed by atoms with Crippen molar-refractivity contribution in [1.29, 1.82) is 0 Å². The van der Waals surface area contributed by atoms with Gasteiger partial charge in [0.15, 0.2) is 0 Å². The van der Waals surface area contributed by atoms with Crippen LogP contribution in [0.1, 0.15) is 34.7 Å². The van der Waals surface area contributed by atoms with Gasteiger partial charge in [-0.25, -0.2) is 0 Å². The van der Waals surface area contributed by atoms with E-state index in [1.807, 2.05) is 0 Å². The maximum absolute atomic E-state index is 10.7. The molecule has 2 aromatic rings. The molecule has 4 unspecified atom stereocenters. The SMILES string of the molecule is CCc1ccc(Cc2c(Cl)ccc3c2COC32O[C@H](CO)C(O)C(O)C2O)cc1. The van der Waals surface area contributed by atoms with Gasteiger partial charge in [-0.15, -0.1) is 0 Å². The molecule has 156 valence electrons. The molecule has 5 atom stereocenters. The van der Waals surface area contributed by atoms with Crippen molar-refractivity contribution in [2.24, 2.45) is 0 Å². The standard InChI is InChI=1S/C22H25ClO6/c1-2-12-3-5-13(6-4-12)9-14-15-11-28-22(16(15)7-8-17(14)23)21(27)20(26)19(25)18(10-24)29-22/h3-8,18-21,24-27H,2,9-11H2,1H3/t18-,19?,20?,21?,22?/m1/s1. The third-order valence-electron chi connectivity index (χ3n) is 5.94. The maximum atomic E-state index is 10.7. The Bertz CT molecular complexity index is 884. The molecule has 2 heterocycles. The molecule has 0 aromatic heterocycles. The predicted molar refractivity (Wildman–Crippen MR) is 107 cm³/mol. The van der Waals surface area contributed by atoms with E-state index in [1.54, 1.807) is 12.1 Å². The largest absolute Gasteiger partial charge is 0.394 e. The summed E-state index contributed by atoms with van der Waals surface area (Å²) in [5, 5.41) is 41.2. The predicted octanol–water partition coefficient (Wildman–Crippen LogP) is 1.65. The molecule has 2 aromatic carbocycles. The Morgan fingerprint density at radius 1 is 1.03 bits per heavy atom. The summed E-state index contributed by atoms with van der Waals surface area (Å²) in [4.78, 5) is 0. The van der Waals surface area contributed by atoms with Crippen molar-refractivity contribution in [2.75, 3.05) is 6.61 Å². The van der Waals surface area contributed by atoms with Crippen LogP contribution in [-0.4, -0.2) is 51.4 Å². The van der Waals surface area contributed by atoms with Gasteiger partial charge >= 0.3 is 0 Å². The highest BCUT2D eigenvalue weighted by atomic mass is 35.5. The summed E-state index contributed by atoms with van der Waals surface area (Å²) in [7, 11) is 0. The van der Waals surface area contributed by atoms with Crippen LogP contribution in [0.2, 0.25) is 5.02 Å². The van der Waals surface area contributed by atoms with E-state index in [0.29, 0.717) is 17.0 Å². The number of fused-ring (bicyclic) bond motifs is 2. The fourth-order valence-electron chi connectivity index (χ4n) is 4.18.